The smallest absolute Gasteiger partial charge is 0.284 e. The topological polar surface area (TPSA) is 80.0 Å². The maximum atomic E-state index is 12.5. The number of hydrogen-bond acceptors (Lipinski definition) is 5. The fraction of sp³-hybridized carbons (Fsp3) is 0.0588. The van der Waals surface area contributed by atoms with Gasteiger partial charge in [-0.25, -0.2) is 0 Å². The molecule has 0 atom stereocenters. The average molecular weight is 374 g/mol. The van der Waals surface area contributed by atoms with Gasteiger partial charge in [0.1, 0.15) is 5.76 Å². The lowest BCUT2D eigenvalue weighted by atomic mass is 10.3. The quantitative estimate of drug-likeness (QED) is 0.593. The molecular weight excluding hydrogens is 360 g/mol. The number of furan rings is 1. The molecule has 8 heteroatoms. The zero-order chi connectivity index (χ0) is 17.9. The summed E-state index contributed by atoms with van der Waals surface area (Å²) in [6.45, 7) is 3.76. The Morgan fingerprint density at radius 3 is 2.60 bits per heavy atom. The van der Waals surface area contributed by atoms with Crippen molar-refractivity contribution in [3.8, 4) is 0 Å². The second-order valence-electron chi connectivity index (χ2n) is 4.99. The van der Waals surface area contributed by atoms with E-state index < -0.39 is 10.0 Å². The van der Waals surface area contributed by atoms with Crippen LogP contribution in [0.4, 0.5) is 0 Å². The number of hydrogen-bond donors (Lipinski definition) is 0. The number of amides is 1. The summed E-state index contributed by atoms with van der Waals surface area (Å²) in [6.07, 6.45) is 4.56. The monoisotopic (exact) mass is 374 g/mol. The van der Waals surface area contributed by atoms with Gasteiger partial charge in [0.25, 0.3) is 15.9 Å². The minimum Gasteiger partial charge on any atom is -0.465 e. The molecule has 1 saturated heterocycles. The maximum Gasteiger partial charge on any atom is 0.284 e. The lowest BCUT2D eigenvalue weighted by molar-refractivity contribution is -0.121. The summed E-state index contributed by atoms with van der Waals surface area (Å²) in [7, 11) is -3.92. The molecule has 0 spiro atoms. The average Bonchev–Trinajstić information content (AvgIpc) is 3.20. The van der Waals surface area contributed by atoms with Gasteiger partial charge in [-0.2, -0.15) is 8.42 Å². The molecule has 0 unspecified atom stereocenters. The third-order valence-electron chi connectivity index (χ3n) is 3.26. The number of carbonyl (C=O) groups excluding carboxylic acids is 1. The van der Waals surface area contributed by atoms with Gasteiger partial charge in [-0.3, -0.25) is 9.69 Å². The Morgan fingerprint density at radius 2 is 1.96 bits per heavy atom. The first-order valence-corrected chi connectivity index (χ1v) is 9.53. The van der Waals surface area contributed by atoms with Crippen molar-refractivity contribution in [2.75, 3.05) is 6.54 Å². The van der Waals surface area contributed by atoms with Gasteiger partial charge in [0, 0.05) is 12.6 Å². The van der Waals surface area contributed by atoms with Crippen LogP contribution in [0.25, 0.3) is 6.08 Å². The van der Waals surface area contributed by atoms with Gasteiger partial charge in [0.2, 0.25) is 0 Å². The third-order valence-corrected chi connectivity index (χ3v) is 5.66. The number of amidine groups is 1. The highest BCUT2D eigenvalue weighted by Gasteiger charge is 2.34. The first-order valence-electron chi connectivity index (χ1n) is 7.27. The van der Waals surface area contributed by atoms with Crippen LogP contribution in [0.5, 0.6) is 0 Å². The molecule has 1 amide bonds. The van der Waals surface area contributed by atoms with Crippen molar-refractivity contribution in [3.05, 3.63) is 72.0 Å². The fourth-order valence-corrected chi connectivity index (χ4v) is 4.31. The minimum atomic E-state index is -3.92. The number of benzene rings is 1. The van der Waals surface area contributed by atoms with Crippen molar-refractivity contribution in [3.63, 3.8) is 0 Å². The van der Waals surface area contributed by atoms with Crippen LogP contribution in [0, 0.1) is 0 Å². The first kappa shape index (κ1) is 17.2. The molecule has 2 aromatic rings. The van der Waals surface area contributed by atoms with Crippen LogP contribution in [0.15, 0.2) is 80.0 Å². The summed E-state index contributed by atoms with van der Waals surface area (Å²) in [5.41, 5.74) is 0. The van der Waals surface area contributed by atoms with Crippen LogP contribution in [0.1, 0.15) is 5.76 Å². The highest BCUT2D eigenvalue weighted by molar-refractivity contribution is 8.19. The van der Waals surface area contributed by atoms with E-state index in [9.17, 15) is 13.2 Å². The molecule has 1 fully saturated rings. The van der Waals surface area contributed by atoms with Gasteiger partial charge >= 0.3 is 0 Å². The van der Waals surface area contributed by atoms with Crippen molar-refractivity contribution in [1.82, 2.24) is 4.90 Å². The number of rotatable bonds is 5. The lowest BCUT2D eigenvalue weighted by Gasteiger charge is -2.12. The van der Waals surface area contributed by atoms with Crippen molar-refractivity contribution in [2.45, 2.75) is 4.90 Å². The van der Waals surface area contributed by atoms with Crippen LogP contribution in [-0.4, -0.2) is 30.9 Å². The van der Waals surface area contributed by atoms with E-state index in [-0.39, 0.29) is 22.5 Å². The molecule has 0 bridgehead atoms. The molecule has 0 N–H and O–H groups in total. The van der Waals surface area contributed by atoms with Crippen LogP contribution in [0.3, 0.4) is 0 Å². The van der Waals surface area contributed by atoms with E-state index >= 15 is 0 Å². The van der Waals surface area contributed by atoms with Crippen LogP contribution >= 0.6 is 11.8 Å². The van der Waals surface area contributed by atoms with Crippen LogP contribution in [-0.2, 0) is 14.8 Å². The van der Waals surface area contributed by atoms with E-state index in [1.54, 1.807) is 36.4 Å². The molecule has 1 aliphatic rings. The SMILES string of the molecule is C=CCN1C(=O)/C(=C/c2ccco2)S/C1=N\S(=O)(=O)c1ccccc1. The van der Waals surface area contributed by atoms with Gasteiger partial charge < -0.3 is 4.42 Å². The Morgan fingerprint density at radius 1 is 1.20 bits per heavy atom. The molecule has 25 heavy (non-hydrogen) atoms. The number of nitrogens with zero attached hydrogens (tertiary/aromatic N) is 2. The number of sulfonamides is 1. The van der Waals surface area contributed by atoms with Gasteiger partial charge in [-0.15, -0.1) is 11.0 Å². The van der Waals surface area contributed by atoms with Crippen LogP contribution < -0.4 is 0 Å². The normalized spacial score (nSPS) is 18.2. The highest BCUT2D eigenvalue weighted by atomic mass is 32.2. The molecule has 1 aliphatic heterocycles. The molecule has 2 heterocycles. The molecule has 6 nitrogen and oxygen atoms in total. The standard InChI is InChI=1S/C17H14N2O4S2/c1-2-10-19-16(20)15(12-13-7-6-11-23-13)24-17(19)18-25(21,22)14-8-4-3-5-9-14/h2-9,11-12H,1,10H2/b15-12-,18-17-. The molecule has 3 rings (SSSR count). The van der Waals surface area contributed by atoms with Gasteiger partial charge in [0.05, 0.1) is 16.1 Å². The van der Waals surface area contributed by atoms with Crippen LogP contribution in [0.2, 0.25) is 0 Å². The Kier molecular flexibility index (Phi) is 4.91. The second-order valence-corrected chi connectivity index (χ2v) is 7.61. The zero-order valence-electron chi connectivity index (χ0n) is 13.0. The molecule has 128 valence electrons. The predicted molar refractivity (Wildman–Crippen MR) is 97.2 cm³/mol. The Labute approximate surface area is 149 Å². The van der Waals surface area contributed by atoms with E-state index in [2.05, 4.69) is 11.0 Å². The van der Waals surface area contributed by atoms with E-state index in [4.69, 9.17) is 4.42 Å². The summed E-state index contributed by atoms with van der Waals surface area (Å²) in [4.78, 5) is 14.2. The van der Waals surface area contributed by atoms with E-state index in [1.807, 2.05) is 0 Å². The van der Waals surface area contributed by atoms with Gasteiger partial charge in [0.15, 0.2) is 5.17 Å². The second kappa shape index (κ2) is 7.12. The molecule has 0 radical (unpaired) electrons. The Bertz CT molecular complexity index is 946. The minimum absolute atomic E-state index is 0.0672. The number of thioether (sulfide) groups is 1. The summed E-state index contributed by atoms with van der Waals surface area (Å²) < 4.78 is 34.0. The Hall–Kier alpha value is -2.58. The van der Waals surface area contributed by atoms with E-state index in [1.165, 1.54) is 29.4 Å². The van der Waals surface area contributed by atoms with Crippen molar-refractivity contribution in [1.29, 1.82) is 0 Å². The van der Waals surface area contributed by atoms with Crippen molar-refractivity contribution in [2.24, 2.45) is 4.40 Å². The molecule has 0 aliphatic carbocycles. The summed E-state index contributed by atoms with van der Waals surface area (Å²) in [5, 5.41) is 0.0894. The summed E-state index contributed by atoms with van der Waals surface area (Å²) in [5.74, 6) is 0.157. The Balaban J connectivity index is 1.99. The summed E-state index contributed by atoms with van der Waals surface area (Å²) >= 11 is 0.987. The fourth-order valence-electron chi connectivity index (χ4n) is 2.12. The van der Waals surface area contributed by atoms with Crippen molar-refractivity contribution < 1.29 is 17.6 Å². The van der Waals surface area contributed by atoms with E-state index in [0.717, 1.165) is 11.8 Å². The molecular formula is C17H14N2O4S2. The molecule has 0 saturated carbocycles. The maximum absolute atomic E-state index is 12.5. The largest absolute Gasteiger partial charge is 0.465 e. The van der Waals surface area contributed by atoms with Gasteiger partial charge in [-0.1, -0.05) is 24.3 Å². The molecule has 1 aromatic carbocycles. The van der Waals surface area contributed by atoms with E-state index in [0.29, 0.717) is 10.7 Å². The lowest BCUT2D eigenvalue weighted by Crippen LogP contribution is -2.29. The van der Waals surface area contributed by atoms with Crippen molar-refractivity contribution >= 4 is 38.9 Å². The summed E-state index contributed by atoms with van der Waals surface area (Å²) in [6, 6.07) is 11.3. The zero-order valence-corrected chi connectivity index (χ0v) is 14.7. The van der Waals surface area contributed by atoms with Gasteiger partial charge in [-0.05, 0) is 36.0 Å². The predicted octanol–water partition coefficient (Wildman–Crippen LogP) is 3.13. The third kappa shape index (κ3) is 3.75. The highest BCUT2D eigenvalue weighted by Crippen LogP contribution is 2.33. The molecule has 1 aromatic heterocycles. The number of carbonyl (C=O) groups is 1. The first-order chi connectivity index (χ1) is 12.0.